The molecular weight excluding hydrogens is 238 g/mol. The van der Waals surface area contributed by atoms with E-state index in [9.17, 15) is 9.59 Å². The van der Waals surface area contributed by atoms with Crippen molar-refractivity contribution in [2.45, 2.75) is 12.7 Å². The molecule has 1 fully saturated rings. The van der Waals surface area contributed by atoms with Crippen LogP contribution in [0.1, 0.15) is 12.0 Å². The molecular formula is C12H9NO5. The van der Waals surface area contributed by atoms with Crippen molar-refractivity contribution >= 4 is 17.5 Å². The summed E-state index contributed by atoms with van der Waals surface area (Å²) in [6, 6.07) is 7.16. The zero-order valence-corrected chi connectivity index (χ0v) is 9.21. The van der Waals surface area contributed by atoms with Crippen LogP contribution in [-0.2, 0) is 19.1 Å². The van der Waals surface area contributed by atoms with Crippen molar-refractivity contribution in [3.05, 3.63) is 36.0 Å². The van der Waals surface area contributed by atoms with Gasteiger partial charge in [-0.1, -0.05) is 18.2 Å². The van der Waals surface area contributed by atoms with Crippen molar-refractivity contribution in [2.75, 3.05) is 0 Å². The zero-order valence-electron chi connectivity index (χ0n) is 9.21. The molecule has 0 atom stereocenters. The van der Waals surface area contributed by atoms with Crippen molar-refractivity contribution in [2.24, 2.45) is 0 Å². The molecule has 0 aromatic heterocycles. The molecule has 0 radical (unpaired) electrons. The molecule has 1 aromatic carbocycles. The highest BCUT2D eigenvalue weighted by Crippen LogP contribution is 2.33. The van der Waals surface area contributed by atoms with Gasteiger partial charge in [-0.05, 0) is 6.07 Å². The van der Waals surface area contributed by atoms with Crippen molar-refractivity contribution in [1.29, 1.82) is 0 Å². The number of cyclic esters (lactones) is 2. The molecule has 3 rings (SSSR count). The average molecular weight is 247 g/mol. The minimum atomic E-state index is -1.03. The maximum atomic E-state index is 11.2. The first kappa shape index (κ1) is 10.6. The van der Waals surface area contributed by atoms with E-state index in [1.54, 1.807) is 12.1 Å². The highest BCUT2D eigenvalue weighted by atomic mass is 16.7. The fraction of sp³-hybridized carbons (Fsp3) is 0.167. The van der Waals surface area contributed by atoms with Crippen LogP contribution in [0.25, 0.3) is 5.57 Å². The van der Waals surface area contributed by atoms with Crippen LogP contribution >= 0.6 is 0 Å². The third-order valence-corrected chi connectivity index (χ3v) is 2.60. The summed E-state index contributed by atoms with van der Waals surface area (Å²) in [5, 5.41) is 0. The number of hydroxylamine groups is 1. The molecule has 0 bridgehead atoms. The van der Waals surface area contributed by atoms with E-state index in [0.29, 0.717) is 16.9 Å². The number of hydrogen-bond acceptors (Lipinski definition) is 6. The van der Waals surface area contributed by atoms with Gasteiger partial charge in [-0.3, -0.25) is 9.59 Å². The van der Waals surface area contributed by atoms with Crippen LogP contribution in [-0.4, -0.2) is 18.2 Å². The minimum absolute atomic E-state index is 0.352. The summed E-state index contributed by atoms with van der Waals surface area (Å²) >= 11 is 0. The van der Waals surface area contributed by atoms with Crippen LogP contribution in [0, 0.1) is 0 Å². The number of para-hydroxylation sites is 1. The summed E-state index contributed by atoms with van der Waals surface area (Å²) in [7, 11) is 0. The van der Waals surface area contributed by atoms with Gasteiger partial charge in [0.15, 0.2) is 5.75 Å². The van der Waals surface area contributed by atoms with Gasteiger partial charge >= 0.3 is 11.9 Å². The second-order valence-corrected chi connectivity index (χ2v) is 3.80. The number of ether oxygens (including phenoxy) is 2. The van der Waals surface area contributed by atoms with Crippen LogP contribution in [0.3, 0.4) is 0 Å². The van der Waals surface area contributed by atoms with Gasteiger partial charge in [0.2, 0.25) is 0 Å². The smallest absolute Gasteiger partial charge is 0.320 e. The number of benzene rings is 1. The van der Waals surface area contributed by atoms with Gasteiger partial charge < -0.3 is 14.3 Å². The maximum Gasteiger partial charge on any atom is 0.320 e. The van der Waals surface area contributed by atoms with E-state index in [0.717, 1.165) is 0 Å². The van der Waals surface area contributed by atoms with E-state index >= 15 is 0 Å². The topological polar surface area (TPSA) is 73.9 Å². The van der Waals surface area contributed by atoms with Gasteiger partial charge in [-0.25, -0.2) is 5.48 Å². The Kier molecular flexibility index (Phi) is 2.40. The highest BCUT2D eigenvalue weighted by Gasteiger charge is 2.33. The minimum Gasteiger partial charge on any atom is -0.420 e. The standard InChI is InChI=1S/C12H9NO5/c14-10-5-11(15)17-12(16-10)8-6-13-18-9-4-2-1-3-7(8)9/h1-4,6,12-13H,5H2. The van der Waals surface area contributed by atoms with E-state index in [-0.39, 0.29) is 6.42 Å². The molecule has 2 aliphatic rings. The number of nitrogens with one attached hydrogen (secondary N) is 1. The molecule has 0 amide bonds. The second-order valence-electron chi connectivity index (χ2n) is 3.80. The van der Waals surface area contributed by atoms with E-state index < -0.39 is 18.2 Å². The average Bonchev–Trinajstić information content (AvgIpc) is 2.37. The Morgan fingerprint density at radius 1 is 1.11 bits per heavy atom. The van der Waals surface area contributed by atoms with Crippen LogP contribution in [0.15, 0.2) is 30.5 Å². The second kappa shape index (κ2) is 4.06. The number of hydrogen-bond donors (Lipinski definition) is 1. The third-order valence-electron chi connectivity index (χ3n) is 2.60. The van der Waals surface area contributed by atoms with Crippen molar-refractivity contribution < 1.29 is 23.9 Å². The molecule has 1 aromatic rings. The SMILES string of the molecule is O=C1CC(=O)OC(C2=CNOc3ccccc32)O1. The van der Waals surface area contributed by atoms with E-state index in [4.69, 9.17) is 14.3 Å². The summed E-state index contributed by atoms with van der Waals surface area (Å²) in [5.41, 5.74) is 3.83. The Morgan fingerprint density at radius 3 is 2.61 bits per heavy atom. The lowest BCUT2D eigenvalue weighted by molar-refractivity contribution is -0.192. The van der Waals surface area contributed by atoms with E-state index in [1.807, 2.05) is 12.1 Å². The summed E-state index contributed by atoms with van der Waals surface area (Å²) in [6.45, 7) is 0. The van der Waals surface area contributed by atoms with Crippen LogP contribution in [0.2, 0.25) is 0 Å². The Labute approximate surface area is 102 Å². The molecule has 92 valence electrons. The van der Waals surface area contributed by atoms with E-state index in [2.05, 4.69) is 5.48 Å². The first-order chi connectivity index (χ1) is 8.74. The molecule has 0 aliphatic carbocycles. The van der Waals surface area contributed by atoms with Gasteiger partial charge in [0, 0.05) is 11.8 Å². The Hall–Kier alpha value is -2.50. The lowest BCUT2D eigenvalue weighted by Gasteiger charge is -2.27. The number of rotatable bonds is 1. The number of esters is 2. The maximum absolute atomic E-state index is 11.2. The fourth-order valence-electron chi connectivity index (χ4n) is 1.81. The highest BCUT2D eigenvalue weighted by molar-refractivity contribution is 5.94. The normalized spacial score (nSPS) is 18.8. The molecule has 0 unspecified atom stereocenters. The largest absolute Gasteiger partial charge is 0.420 e. The predicted molar refractivity (Wildman–Crippen MR) is 58.8 cm³/mol. The van der Waals surface area contributed by atoms with E-state index in [1.165, 1.54) is 6.20 Å². The molecule has 0 saturated carbocycles. The third kappa shape index (κ3) is 1.77. The monoisotopic (exact) mass is 247 g/mol. The number of carbonyl (C=O) groups is 2. The molecule has 0 spiro atoms. The first-order valence-electron chi connectivity index (χ1n) is 5.35. The molecule has 18 heavy (non-hydrogen) atoms. The quantitative estimate of drug-likeness (QED) is 0.583. The van der Waals surface area contributed by atoms with Gasteiger partial charge in [-0.15, -0.1) is 0 Å². The lowest BCUT2D eigenvalue weighted by atomic mass is 10.0. The predicted octanol–water partition coefficient (Wildman–Crippen LogP) is 0.741. The number of fused-ring (bicyclic) bond motifs is 1. The van der Waals surface area contributed by atoms with Crippen molar-refractivity contribution in [3.8, 4) is 5.75 Å². The molecule has 2 aliphatic heterocycles. The molecule has 6 nitrogen and oxygen atoms in total. The fourth-order valence-corrected chi connectivity index (χ4v) is 1.81. The van der Waals surface area contributed by atoms with Gasteiger partial charge in [0.25, 0.3) is 6.29 Å². The van der Waals surface area contributed by atoms with Crippen molar-refractivity contribution in [3.63, 3.8) is 0 Å². The van der Waals surface area contributed by atoms with Crippen LogP contribution in [0.5, 0.6) is 5.75 Å². The lowest BCUT2D eigenvalue weighted by Crippen LogP contribution is -2.35. The van der Waals surface area contributed by atoms with Gasteiger partial charge in [0.1, 0.15) is 6.42 Å². The Bertz CT molecular complexity index is 535. The molecule has 1 saturated heterocycles. The zero-order chi connectivity index (χ0) is 12.5. The summed E-state index contributed by atoms with van der Waals surface area (Å²) in [5.74, 6) is -0.616. The Morgan fingerprint density at radius 2 is 1.83 bits per heavy atom. The molecule has 2 heterocycles. The van der Waals surface area contributed by atoms with Crippen LogP contribution in [0.4, 0.5) is 0 Å². The summed E-state index contributed by atoms with van der Waals surface area (Å²) < 4.78 is 10.0. The summed E-state index contributed by atoms with van der Waals surface area (Å²) in [4.78, 5) is 27.7. The van der Waals surface area contributed by atoms with Gasteiger partial charge in [0.05, 0.1) is 5.57 Å². The Balaban J connectivity index is 1.95. The molecule has 1 N–H and O–H groups in total. The van der Waals surface area contributed by atoms with Gasteiger partial charge in [-0.2, -0.15) is 0 Å². The van der Waals surface area contributed by atoms with Crippen molar-refractivity contribution in [1.82, 2.24) is 5.48 Å². The first-order valence-corrected chi connectivity index (χ1v) is 5.35. The molecule has 6 heteroatoms. The number of carbonyl (C=O) groups excluding carboxylic acids is 2. The van der Waals surface area contributed by atoms with Crippen LogP contribution < -0.4 is 10.3 Å². The summed E-state index contributed by atoms with van der Waals surface area (Å²) in [6.07, 6.45) is 0.116.